The summed E-state index contributed by atoms with van der Waals surface area (Å²) < 4.78 is 0. The lowest BCUT2D eigenvalue weighted by Crippen LogP contribution is -2.50. The third kappa shape index (κ3) is 2.17. The van der Waals surface area contributed by atoms with E-state index in [1.165, 1.54) is 31.2 Å². The normalized spacial score (nSPS) is 40.0. The zero-order chi connectivity index (χ0) is 13.7. The van der Waals surface area contributed by atoms with Crippen LogP contribution in [0, 0.1) is 30.1 Å². The minimum atomic E-state index is 0.622. The zero-order valence-electron chi connectivity index (χ0n) is 12.4. The quantitative estimate of drug-likeness (QED) is 0.639. The SMILES string of the molecule is Cc1ccccc1CC(Br)C12CC3CC(CC(C3)C1)C2. The van der Waals surface area contributed by atoms with Crippen LogP contribution in [0.15, 0.2) is 24.3 Å². The molecular weight excluding hydrogens is 308 g/mol. The van der Waals surface area contributed by atoms with Crippen LogP contribution in [0.5, 0.6) is 0 Å². The Bertz CT molecular complexity index is 469. The highest BCUT2D eigenvalue weighted by Crippen LogP contribution is 2.62. The average Bonchev–Trinajstić information content (AvgIpc) is 2.40. The molecule has 4 saturated carbocycles. The molecule has 20 heavy (non-hydrogen) atoms. The molecule has 4 fully saturated rings. The van der Waals surface area contributed by atoms with Crippen LogP contribution in [0.3, 0.4) is 0 Å². The van der Waals surface area contributed by atoms with Gasteiger partial charge in [-0.1, -0.05) is 40.2 Å². The van der Waals surface area contributed by atoms with Gasteiger partial charge in [-0.05, 0) is 86.2 Å². The van der Waals surface area contributed by atoms with Crippen molar-refractivity contribution >= 4 is 15.9 Å². The van der Waals surface area contributed by atoms with Crippen LogP contribution >= 0.6 is 15.9 Å². The van der Waals surface area contributed by atoms with Gasteiger partial charge in [0.25, 0.3) is 0 Å². The number of benzene rings is 1. The van der Waals surface area contributed by atoms with Crippen LogP contribution in [0.1, 0.15) is 49.7 Å². The van der Waals surface area contributed by atoms with E-state index in [0.717, 1.165) is 17.8 Å². The lowest BCUT2D eigenvalue weighted by atomic mass is 9.48. The standard InChI is InChI=1S/C19H25Br/c1-13-4-2-3-5-17(13)9-18(20)19-10-14-6-15(11-19)8-16(7-14)12-19/h2-5,14-16,18H,6-12H2,1H3. The first-order chi connectivity index (χ1) is 9.64. The second kappa shape index (κ2) is 4.87. The van der Waals surface area contributed by atoms with Crippen LogP contribution in [0.25, 0.3) is 0 Å². The van der Waals surface area contributed by atoms with Gasteiger partial charge >= 0.3 is 0 Å². The molecule has 4 bridgehead atoms. The number of rotatable bonds is 3. The molecule has 1 unspecified atom stereocenters. The summed E-state index contributed by atoms with van der Waals surface area (Å²) in [4.78, 5) is 0.685. The summed E-state index contributed by atoms with van der Waals surface area (Å²) in [6.45, 7) is 2.26. The molecule has 0 spiro atoms. The summed E-state index contributed by atoms with van der Waals surface area (Å²) in [5.41, 5.74) is 3.63. The van der Waals surface area contributed by atoms with E-state index >= 15 is 0 Å². The molecule has 4 aliphatic rings. The van der Waals surface area contributed by atoms with Crippen LogP contribution in [-0.2, 0) is 6.42 Å². The van der Waals surface area contributed by atoms with Gasteiger partial charge in [0.2, 0.25) is 0 Å². The smallest absolute Gasteiger partial charge is 0.0242 e. The van der Waals surface area contributed by atoms with Crippen molar-refractivity contribution in [2.75, 3.05) is 0 Å². The molecule has 5 rings (SSSR count). The molecule has 0 aliphatic heterocycles. The van der Waals surface area contributed by atoms with Crippen LogP contribution in [-0.4, -0.2) is 4.83 Å². The van der Waals surface area contributed by atoms with Crippen molar-refractivity contribution in [1.29, 1.82) is 0 Å². The first kappa shape index (κ1) is 13.4. The Morgan fingerprint density at radius 2 is 1.60 bits per heavy atom. The van der Waals surface area contributed by atoms with Crippen molar-refractivity contribution in [3.05, 3.63) is 35.4 Å². The molecule has 0 nitrogen and oxygen atoms in total. The summed E-state index contributed by atoms with van der Waals surface area (Å²) in [5.74, 6) is 3.16. The third-order valence-electron chi connectivity index (χ3n) is 6.41. The van der Waals surface area contributed by atoms with Gasteiger partial charge in [-0.15, -0.1) is 0 Å². The van der Waals surface area contributed by atoms with Gasteiger partial charge in [-0.3, -0.25) is 0 Å². The molecule has 0 amide bonds. The number of halogens is 1. The minimum absolute atomic E-state index is 0.622. The maximum absolute atomic E-state index is 4.14. The maximum atomic E-state index is 4.14. The van der Waals surface area contributed by atoms with Crippen molar-refractivity contribution in [3.63, 3.8) is 0 Å². The van der Waals surface area contributed by atoms with E-state index in [1.807, 2.05) is 0 Å². The van der Waals surface area contributed by atoms with Gasteiger partial charge in [-0.25, -0.2) is 0 Å². The van der Waals surface area contributed by atoms with Gasteiger partial charge < -0.3 is 0 Å². The highest BCUT2D eigenvalue weighted by atomic mass is 79.9. The number of alkyl halides is 1. The second-order valence-corrected chi connectivity index (χ2v) is 8.98. The lowest BCUT2D eigenvalue weighted by molar-refractivity contribution is -0.0522. The number of aryl methyl sites for hydroxylation is 1. The highest BCUT2D eigenvalue weighted by Gasteiger charge is 2.53. The van der Waals surface area contributed by atoms with E-state index in [1.54, 1.807) is 24.8 Å². The summed E-state index contributed by atoms with van der Waals surface area (Å²) in [6, 6.07) is 8.94. The van der Waals surface area contributed by atoms with Gasteiger partial charge in [0, 0.05) is 4.83 Å². The molecule has 0 heterocycles. The predicted octanol–water partition coefficient (Wildman–Crippen LogP) is 5.52. The molecule has 1 aromatic carbocycles. The van der Waals surface area contributed by atoms with Crippen molar-refractivity contribution in [3.8, 4) is 0 Å². The molecule has 108 valence electrons. The van der Waals surface area contributed by atoms with Gasteiger partial charge in [0.05, 0.1) is 0 Å². The summed E-state index contributed by atoms with van der Waals surface area (Å²) in [5, 5.41) is 0. The predicted molar refractivity (Wildman–Crippen MR) is 88.2 cm³/mol. The molecule has 0 aromatic heterocycles. The lowest BCUT2D eigenvalue weighted by Gasteiger charge is -2.58. The first-order valence-electron chi connectivity index (χ1n) is 8.33. The Balaban J connectivity index is 1.56. The monoisotopic (exact) mass is 332 g/mol. The summed E-state index contributed by atoms with van der Waals surface area (Å²) >= 11 is 4.14. The van der Waals surface area contributed by atoms with E-state index in [4.69, 9.17) is 0 Å². The van der Waals surface area contributed by atoms with Crippen LogP contribution < -0.4 is 0 Å². The third-order valence-corrected chi connectivity index (χ3v) is 7.71. The molecule has 0 radical (unpaired) electrons. The van der Waals surface area contributed by atoms with Crippen molar-refractivity contribution < 1.29 is 0 Å². The maximum Gasteiger partial charge on any atom is 0.0242 e. The largest absolute Gasteiger partial charge is 0.0881 e. The molecule has 1 heteroatoms. The Hall–Kier alpha value is -0.300. The Labute approximate surface area is 131 Å². The van der Waals surface area contributed by atoms with Gasteiger partial charge in [0.15, 0.2) is 0 Å². The topological polar surface area (TPSA) is 0 Å². The Morgan fingerprint density at radius 1 is 1.05 bits per heavy atom. The molecule has 0 N–H and O–H groups in total. The van der Waals surface area contributed by atoms with E-state index in [9.17, 15) is 0 Å². The molecular formula is C19H25Br. The van der Waals surface area contributed by atoms with E-state index in [0.29, 0.717) is 10.2 Å². The van der Waals surface area contributed by atoms with Crippen molar-refractivity contribution in [2.24, 2.45) is 23.2 Å². The van der Waals surface area contributed by atoms with E-state index < -0.39 is 0 Å². The minimum Gasteiger partial charge on any atom is -0.0881 e. The molecule has 0 saturated heterocycles. The van der Waals surface area contributed by atoms with Crippen molar-refractivity contribution in [1.82, 2.24) is 0 Å². The summed E-state index contributed by atoms with van der Waals surface area (Å²) in [7, 11) is 0. The van der Waals surface area contributed by atoms with E-state index in [-0.39, 0.29) is 0 Å². The van der Waals surface area contributed by atoms with E-state index in [2.05, 4.69) is 47.1 Å². The molecule has 1 atom stereocenters. The zero-order valence-corrected chi connectivity index (χ0v) is 14.0. The van der Waals surface area contributed by atoms with Gasteiger partial charge in [0.1, 0.15) is 0 Å². The summed E-state index contributed by atoms with van der Waals surface area (Å²) in [6.07, 6.45) is 10.4. The first-order valence-corrected chi connectivity index (χ1v) is 9.25. The Morgan fingerprint density at radius 3 is 2.15 bits per heavy atom. The van der Waals surface area contributed by atoms with Gasteiger partial charge in [-0.2, -0.15) is 0 Å². The number of hydrogen-bond donors (Lipinski definition) is 0. The van der Waals surface area contributed by atoms with Crippen LogP contribution in [0.4, 0.5) is 0 Å². The fourth-order valence-corrected chi connectivity index (χ4v) is 6.72. The fraction of sp³-hybridized carbons (Fsp3) is 0.684. The van der Waals surface area contributed by atoms with Crippen molar-refractivity contribution in [2.45, 2.75) is 56.7 Å². The second-order valence-electron chi connectivity index (χ2n) is 7.88. The molecule has 1 aromatic rings. The number of hydrogen-bond acceptors (Lipinski definition) is 0. The highest BCUT2D eigenvalue weighted by molar-refractivity contribution is 9.09. The van der Waals surface area contributed by atoms with Crippen LogP contribution in [0.2, 0.25) is 0 Å². The fourth-order valence-electron chi connectivity index (χ4n) is 5.81. The molecule has 4 aliphatic carbocycles. The average molecular weight is 333 g/mol. The Kier molecular flexibility index (Phi) is 3.25.